The van der Waals surface area contributed by atoms with Gasteiger partial charge in [0.1, 0.15) is 5.82 Å². The number of likely N-dealkylation sites (tertiary alicyclic amines) is 1. The first-order chi connectivity index (χ1) is 11.4. The lowest BCUT2D eigenvalue weighted by molar-refractivity contribution is -0.135. The predicted octanol–water partition coefficient (Wildman–Crippen LogP) is 1.21. The fourth-order valence-electron chi connectivity index (χ4n) is 3.34. The molecule has 9 heteroatoms. The Morgan fingerprint density at radius 3 is 2.20 bits per heavy atom. The van der Waals surface area contributed by atoms with E-state index >= 15 is 0 Å². The first-order valence-corrected chi connectivity index (χ1v) is 9.62. The van der Waals surface area contributed by atoms with E-state index in [-0.39, 0.29) is 35.2 Å². The van der Waals surface area contributed by atoms with Crippen LogP contribution < -0.4 is 5.73 Å². The lowest BCUT2D eigenvalue weighted by atomic mass is 9.97. The summed E-state index contributed by atoms with van der Waals surface area (Å²) < 4.78 is 39.5. The molecule has 140 valence electrons. The maximum Gasteiger partial charge on any atom is 0.243 e. The maximum atomic E-state index is 13.0. The third-order valence-electron chi connectivity index (χ3n) is 4.79. The summed E-state index contributed by atoms with van der Waals surface area (Å²) in [6.07, 6.45) is 1.83. The largest absolute Gasteiger partial charge is 0.341 e. The summed E-state index contributed by atoms with van der Waals surface area (Å²) in [6, 6.07) is 4.87. The zero-order chi connectivity index (χ0) is 17.3. The third kappa shape index (κ3) is 4.31. The van der Waals surface area contributed by atoms with E-state index in [2.05, 4.69) is 0 Å². The second-order valence-corrected chi connectivity index (χ2v) is 8.40. The molecular weight excluding hydrogens is 369 g/mol. The van der Waals surface area contributed by atoms with Crippen LogP contribution in [0.15, 0.2) is 29.2 Å². The van der Waals surface area contributed by atoms with Gasteiger partial charge in [-0.15, -0.1) is 12.4 Å². The van der Waals surface area contributed by atoms with Gasteiger partial charge in [-0.2, -0.15) is 4.31 Å². The molecule has 2 aliphatic rings. The molecule has 3 rings (SSSR count). The van der Waals surface area contributed by atoms with E-state index in [1.807, 2.05) is 0 Å². The van der Waals surface area contributed by atoms with Gasteiger partial charge in [-0.25, -0.2) is 12.8 Å². The number of carbonyl (C=O) groups is 1. The van der Waals surface area contributed by atoms with Gasteiger partial charge in [0.25, 0.3) is 0 Å². The molecule has 0 aliphatic carbocycles. The summed E-state index contributed by atoms with van der Waals surface area (Å²) in [4.78, 5) is 14.3. The average Bonchev–Trinajstić information content (AvgIpc) is 3.01. The van der Waals surface area contributed by atoms with Crippen LogP contribution in [0.3, 0.4) is 0 Å². The summed E-state index contributed by atoms with van der Waals surface area (Å²) >= 11 is 0. The van der Waals surface area contributed by atoms with Gasteiger partial charge in [0.15, 0.2) is 0 Å². The molecule has 25 heavy (non-hydrogen) atoms. The predicted molar refractivity (Wildman–Crippen MR) is 94.3 cm³/mol. The fourth-order valence-corrected chi connectivity index (χ4v) is 4.81. The quantitative estimate of drug-likeness (QED) is 0.839. The number of carbonyl (C=O) groups excluding carboxylic acids is 1. The Morgan fingerprint density at radius 1 is 1.08 bits per heavy atom. The van der Waals surface area contributed by atoms with Gasteiger partial charge in [-0.3, -0.25) is 4.79 Å². The van der Waals surface area contributed by atoms with Gasteiger partial charge in [0.05, 0.1) is 4.90 Å². The summed E-state index contributed by atoms with van der Waals surface area (Å²) in [5, 5.41) is 0. The number of nitrogens with zero attached hydrogens (tertiary/aromatic N) is 2. The number of hydrogen-bond donors (Lipinski definition) is 1. The van der Waals surface area contributed by atoms with E-state index in [4.69, 9.17) is 5.73 Å². The van der Waals surface area contributed by atoms with Crippen molar-refractivity contribution in [3.05, 3.63) is 30.1 Å². The van der Waals surface area contributed by atoms with Crippen LogP contribution in [0.5, 0.6) is 0 Å². The molecule has 1 atom stereocenters. The molecule has 2 N–H and O–H groups in total. The highest BCUT2D eigenvalue weighted by atomic mass is 35.5. The minimum absolute atomic E-state index is 0. The number of benzene rings is 1. The van der Waals surface area contributed by atoms with E-state index in [9.17, 15) is 17.6 Å². The van der Waals surface area contributed by atoms with E-state index in [0.29, 0.717) is 39.0 Å². The van der Waals surface area contributed by atoms with Crippen molar-refractivity contribution < 1.29 is 17.6 Å². The minimum Gasteiger partial charge on any atom is -0.341 e. The zero-order valence-corrected chi connectivity index (χ0v) is 15.4. The Balaban J connectivity index is 0.00000225. The molecular formula is C16H23ClFN3O3S. The number of nitrogens with two attached hydrogens (primary N) is 1. The van der Waals surface area contributed by atoms with Crippen molar-refractivity contribution in [2.75, 3.05) is 26.2 Å². The van der Waals surface area contributed by atoms with E-state index in [0.717, 1.165) is 18.6 Å². The normalized spacial score (nSPS) is 22.6. The van der Waals surface area contributed by atoms with Crippen LogP contribution in [-0.4, -0.2) is 55.8 Å². The molecule has 0 radical (unpaired) electrons. The molecule has 1 aromatic rings. The van der Waals surface area contributed by atoms with Crippen LogP contribution in [0, 0.1) is 11.7 Å². The summed E-state index contributed by atoms with van der Waals surface area (Å²) in [6.45, 7) is 1.88. The molecule has 6 nitrogen and oxygen atoms in total. The Kier molecular flexibility index (Phi) is 6.42. The van der Waals surface area contributed by atoms with Crippen molar-refractivity contribution in [1.29, 1.82) is 0 Å². The summed E-state index contributed by atoms with van der Waals surface area (Å²) in [5.41, 5.74) is 5.84. The minimum atomic E-state index is -3.63. The van der Waals surface area contributed by atoms with Gasteiger partial charge in [-0.1, -0.05) is 0 Å². The molecule has 2 fully saturated rings. The van der Waals surface area contributed by atoms with Gasteiger partial charge in [0, 0.05) is 38.1 Å². The molecule has 1 aromatic carbocycles. The highest BCUT2D eigenvalue weighted by molar-refractivity contribution is 7.89. The highest BCUT2D eigenvalue weighted by Crippen LogP contribution is 2.26. The van der Waals surface area contributed by atoms with Crippen molar-refractivity contribution >= 4 is 28.3 Å². The molecule has 0 bridgehead atoms. The number of halogens is 2. The molecule has 0 spiro atoms. The van der Waals surface area contributed by atoms with Crippen LogP contribution in [0.4, 0.5) is 4.39 Å². The number of hydrogen-bond acceptors (Lipinski definition) is 4. The van der Waals surface area contributed by atoms with Crippen LogP contribution in [0.2, 0.25) is 0 Å². The van der Waals surface area contributed by atoms with E-state index in [1.165, 1.54) is 16.4 Å². The Labute approximate surface area is 153 Å². The second-order valence-electron chi connectivity index (χ2n) is 6.47. The van der Waals surface area contributed by atoms with Gasteiger partial charge in [-0.05, 0) is 43.5 Å². The summed E-state index contributed by atoms with van der Waals surface area (Å²) in [7, 11) is -3.63. The Morgan fingerprint density at radius 2 is 1.68 bits per heavy atom. The Hall–Kier alpha value is -1.22. The van der Waals surface area contributed by atoms with E-state index < -0.39 is 15.8 Å². The smallest absolute Gasteiger partial charge is 0.243 e. The zero-order valence-electron chi connectivity index (χ0n) is 13.8. The molecule has 2 heterocycles. The number of sulfonamides is 1. The van der Waals surface area contributed by atoms with E-state index in [1.54, 1.807) is 4.90 Å². The van der Waals surface area contributed by atoms with Crippen LogP contribution in [0.25, 0.3) is 0 Å². The molecule has 1 unspecified atom stereocenters. The molecule has 1 amide bonds. The van der Waals surface area contributed by atoms with Crippen LogP contribution in [0.1, 0.15) is 19.3 Å². The first kappa shape index (κ1) is 20.1. The molecule has 0 aromatic heterocycles. The van der Waals surface area contributed by atoms with Crippen LogP contribution >= 0.6 is 12.4 Å². The molecule has 2 saturated heterocycles. The average molecular weight is 392 g/mol. The highest BCUT2D eigenvalue weighted by Gasteiger charge is 2.35. The van der Waals surface area contributed by atoms with Crippen molar-refractivity contribution in [2.45, 2.75) is 30.2 Å². The lowest BCUT2D eigenvalue weighted by Crippen LogP contribution is -2.44. The van der Waals surface area contributed by atoms with Crippen molar-refractivity contribution in [3.8, 4) is 0 Å². The summed E-state index contributed by atoms with van der Waals surface area (Å²) in [5.74, 6) is -0.529. The maximum absolute atomic E-state index is 13.0. The van der Waals surface area contributed by atoms with Gasteiger partial charge < -0.3 is 10.6 Å². The van der Waals surface area contributed by atoms with Crippen LogP contribution in [-0.2, 0) is 14.8 Å². The number of piperidine rings is 1. The lowest BCUT2D eigenvalue weighted by Gasteiger charge is -2.32. The monoisotopic (exact) mass is 391 g/mol. The Bertz CT molecular complexity index is 706. The SMILES string of the molecule is Cl.NC1CCN(C(=O)C2CCN(S(=O)(=O)c3ccc(F)cc3)CC2)C1. The van der Waals surface area contributed by atoms with Crippen molar-refractivity contribution in [2.24, 2.45) is 11.7 Å². The first-order valence-electron chi connectivity index (χ1n) is 8.18. The fraction of sp³-hybridized carbons (Fsp3) is 0.562. The van der Waals surface area contributed by atoms with Crippen molar-refractivity contribution in [3.63, 3.8) is 0 Å². The topological polar surface area (TPSA) is 83.7 Å². The van der Waals surface area contributed by atoms with Gasteiger partial charge in [0.2, 0.25) is 15.9 Å². The standard InChI is InChI=1S/C16H22FN3O3S.ClH/c17-13-1-3-15(4-2-13)24(22,23)20-9-5-12(6-10-20)16(21)19-8-7-14(18)11-19;/h1-4,12,14H,5-11,18H2;1H. The van der Waals surface area contributed by atoms with Crippen molar-refractivity contribution in [1.82, 2.24) is 9.21 Å². The molecule has 0 saturated carbocycles. The number of rotatable bonds is 3. The second kappa shape index (κ2) is 7.99. The molecule has 2 aliphatic heterocycles. The number of amides is 1. The van der Waals surface area contributed by atoms with Gasteiger partial charge >= 0.3 is 0 Å². The third-order valence-corrected chi connectivity index (χ3v) is 6.70.